The Morgan fingerprint density at radius 1 is 1.12 bits per heavy atom. The van der Waals surface area contributed by atoms with E-state index in [-0.39, 0.29) is 27.2 Å². The molecule has 0 unspecified atom stereocenters. The van der Waals surface area contributed by atoms with Crippen LogP contribution in [0.15, 0.2) is 35.7 Å². The number of nitrogens with zero attached hydrogens (tertiary/aromatic N) is 3. The van der Waals surface area contributed by atoms with Crippen molar-refractivity contribution in [2.45, 2.75) is 6.18 Å². The van der Waals surface area contributed by atoms with E-state index in [1.807, 2.05) is 0 Å². The Bertz CT molecular complexity index is 951. The monoisotopic (exact) mass is 353 g/mol. The highest BCUT2D eigenvalue weighted by Crippen LogP contribution is 2.31. The van der Waals surface area contributed by atoms with E-state index in [9.17, 15) is 28.1 Å². The average Bonchev–Trinajstić information content (AvgIpc) is 3.01. The third-order valence-electron chi connectivity index (χ3n) is 3.11. The third-order valence-corrected chi connectivity index (χ3v) is 4.02. The molecule has 0 amide bonds. The zero-order valence-electron chi connectivity index (χ0n) is 11.6. The number of nitro benzene ring substituents is 1. The van der Waals surface area contributed by atoms with Crippen LogP contribution in [0.3, 0.4) is 0 Å². The van der Waals surface area contributed by atoms with Crippen LogP contribution in [0.5, 0.6) is 0 Å². The first-order valence-electron chi connectivity index (χ1n) is 6.39. The molecule has 0 aliphatic carbocycles. The molecular formula is C14H6F3N3O3S. The first kappa shape index (κ1) is 16.0. The molecule has 0 spiro atoms. The molecular weight excluding hydrogens is 347 g/mol. The minimum absolute atomic E-state index is 0.00197. The number of non-ortho nitro benzene ring substituents is 1. The molecule has 2 heterocycles. The van der Waals surface area contributed by atoms with Crippen LogP contribution in [0.25, 0.3) is 10.2 Å². The number of carbonyl (C=O) groups excluding carboxylic acids is 1. The number of halogens is 3. The number of hydrogen-bond acceptors (Lipinski definition) is 6. The fraction of sp³-hybridized carbons (Fsp3) is 0.0714. The van der Waals surface area contributed by atoms with Gasteiger partial charge in [-0.15, -0.1) is 11.3 Å². The molecule has 0 atom stereocenters. The molecule has 24 heavy (non-hydrogen) atoms. The predicted octanol–water partition coefficient (Wildman–Crippen LogP) is 3.85. The van der Waals surface area contributed by atoms with Gasteiger partial charge in [-0.25, -0.2) is 9.97 Å². The van der Waals surface area contributed by atoms with E-state index >= 15 is 0 Å². The van der Waals surface area contributed by atoms with Gasteiger partial charge >= 0.3 is 6.18 Å². The first-order valence-corrected chi connectivity index (χ1v) is 7.27. The number of nitro groups is 1. The van der Waals surface area contributed by atoms with Gasteiger partial charge in [-0.3, -0.25) is 14.9 Å². The Morgan fingerprint density at radius 3 is 2.38 bits per heavy atom. The van der Waals surface area contributed by atoms with E-state index in [0.717, 1.165) is 23.5 Å². The molecule has 1 aromatic carbocycles. The van der Waals surface area contributed by atoms with Crippen LogP contribution in [0.1, 0.15) is 21.9 Å². The summed E-state index contributed by atoms with van der Waals surface area (Å²) in [5, 5.41) is 12.1. The molecule has 122 valence electrons. The van der Waals surface area contributed by atoms with Crippen molar-refractivity contribution in [3.05, 3.63) is 62.9 Å². The minimum atomic E-state index is -4.79. The van der Waals surface area contributed by atoms with Crippen LogP contribution in [-0.2, 0) is 6.18 Å². The molecule has 6 nitrogen and oxygen atoms in total. The quantitative estimate of drug-likeness (QED) is 0.405. The molecule has 3 rings (SSSR count). The van der Waals surface area contributed by atoms with E-state index in [0.29, 0.717) is 0 Å². The highest BCUT2D eigenvalue weighted by molar-refractivity contribution is 7.17. The highest BCUT2D eigenvalue weighted by atomic mass is 32.1. The molecule has 2 aromatic heterocycles. The zero-order chi connectivity index (χ0) is 17.5. The van der Waals surface area contributed by atoms with Gasteiger partial charge < -0.3 is 0 Å². The van der Waals surface area contributed by atoms with Crippen LogP contribution in [-0.4, -0.2) is 20.7 Å². The summed E-state index contributed by atoms with van der Waals surface area (Å²) in [7, 11) is 0. The number of aromatic nitrogens is 2. The second kappa shape index (κ2) is 5.64. The van der Waals surface area contributed by atoms with Crippen molar-refractivity contribution in [1.29, 1.82) is 0 Å². The first-order chi connectivity index (χ1) is 11.3. The van der Waals surface area contributed by atoms with Gasteiger partial charge in [-0.05, 0) is 23.6 Å². The maximum absolute atomic E-state index is 12.9. The summed E-state index contributed by atoms with van der Waals surface area (Å²) >= 11 is 1.04. The maximum Gasteiger partial charge on any atom is 0.451 e. The third kappa shape index (κ3) is 2.83. The van der Waals surface area contributed by atoms with Crippen molar-refractivity contribution >= 4 is 33.0 Å². The lowest BCUT2D eigenvalue weighted by Gasteiger charge is -2.08. The number of carbonyl (C=O) groups is 1. The lowest BCUT2D eigenvalue weighted by Crippen LogP contribution is -2.15. The van der Waals surface area contributed by atoms with E-state index in [2.05, 4.69) is 9.97 Å². The zero-order valence-corrected chi connectivity index (χ0v) is 12.4. The maximum atomic E-state index is 12.9. The predicted molar refractivity (Wildman–Crippen MR) is 78.9 cm³/mol. The molecule has 0 saturated heterocycles. The lowest BCUT2D eigenvalue weighted by atomic mass is 10.1. The Kier molecular flexibility index (Phi) is 3.76. The number of alkyl halides is 3. The number of fused-ring (bicyclic) bond motifs is 1. The molecule has 0 N–H and O–H groups in total. The van der Waals surface area contributed by atoms with Crippen molar-refractivity contribution < 1.29 is 22.9 Å². The summed E-state index contributed by atoms with van der Waals surface area (Å²) in [6, 6.07) is 5.92. The van der Waals surface area contributed by atoms with Gasteiger partial charge in [0.05, 0.1) is 15.1 Å². The Labute approximate surface area is 135 Å². The topological polar surface area (TPSA) is 86.0 Å². The molecule has 0 radical (unpaired) electrons. The van der Waals surface area contributed by atoms with Crippen molar-refractivity contribution in [2.75, 3.05) is 0 Å². The summed E-state index contributed by atoms with van der Waals surface area (Å²) in [5.41, 5.74) is -0.586. The van der Waals surface area contributed by atoms with E-state index in [1.165, 1.54) is 23.6 Å². The largest absolute Gasteiger partial charge is 0.451 e. The number of hydrogen-bond donors (Lipinski definition) is 0. The summed E-state index contributed by atoms with van der Waals surface area (Å²) in [6.45, 7) is 0. The minimum Gasteiger partial charge on any atom is -0.287 e. The van der Waals surface area contributed by atoms with Crippen LogP contribution < -0.4 is 0 Å². The SMILES string of the molecule is O=C(c1ccc([N+](=O)[O-])cc1)c1nc(C(F)(F)F)nc2ccsc12. The van der Waals surface area contributed by atoms with Gasteiger partial charge in [0.1, 0.15) is 5.69 Å². The van der Waals surface area contributed by atoms with E-state index in [4.69, 9.17) is 0 Å². The van der Waals surface area contributed by atoms with Gasteiger partial charge in [0.2, 0.25) is 11.6 Å². The average molecular weight is 353 g/mol. The summed E-state index contributed by atoms with van der Waals surface area (Å²) < 4.78 is 38.9. The van der Waals surface area contributed by atoms with Crippen LogP contribution in [0.2, 0.25) is 0 Å². The molecule has 3 aromatic rings. The van der Waals surface area contributed by atoms with Gasteiger partial charge in [0.15, 0.2) is 0 Å². The fourth-order valence-electron chi connectivity index (χ4n) is 2.02. The van der Waals surface area contributed by atoms with Crippen molar-refractivity contribution in [2.24, 2.45) is 0 Å². The normalized spacial score (nSPS) is 11.6. The van der Waals surface area contributed by atoms with Gasteiger partial charge in [-0.1, -0.05) is 0 Å². The van der Waals surface area contributed by atoms with Crippen molar-refractivity contribution in [3.8, 4) is 0 Å². The summed E-state index contributed by atoms with van der Waals surface area (Å²) in [4.78, 5) is 29.3. The van der Waals surface area contributed by atoms with Crippen molar-refractivity contribution in [1.82, 2.24) is 9.97 Å². The number of benzene rings is 1. The number of ketones is 1. The smallest absolute Gasteiger partial charge is 0.287 e. The van der Waals surface area contributed by atoms with Crippen molar-refractivity contribution in [3.63, 3.8) is 0 Å². The summed E-state index contributed by atoms with van der Waals surface area (Å²) in [5.74, 6) is -2.16. The molecule has 0 aliphatic heterocycles. The van der Waals surface area contributed by atoms with Gasteiger partial charge in [-0.2, -0.15) is 13.2 Å². The standard InChI is InChI=1S/C14H6F3N3O3S/c15-14(16,17)13-18-9-5-6-24-12(9)10(19-13)11(21)7-1-3-8(4-2-7)20(22)23/h1-6H. The van der Waals surface area contributed by atoms with E-state index < -0.39 is 22.7 Å². The Hall–Kier alpha value is -2.88. The molecule has 0 saturated carbocycles. The second-order valence-corrected chi connectivity index (χ2v) is 5.58. The number of rotatable bonds is 3. The fourth-order valence-corrected chi connectivity index (χ4v) is 2.83. The highest BCUT2D eigenvalue weighted by Gasteiger charge is 2.36. The van der Waals surface area contributed by atoms with Gasteiger partial charge in [0, 0.05) is 17.7 Å². The van der Waals surface area contributed by atoms with E-state index in [1.54, 1.807) is 0 Å². The second-order valence-electron chi connectivity index (χ2n) is 4.66. The van der Waals surface area contributed by atoms with Crippen LogP contribution in [0.4, 0.5) is 18.9 Å². The lowest BCUT2D eigenvalue weighted by molar-refractivity contribution is -0.384. The molecule has 10 heteroatoms. The Morgan fingerprint density at radius 2 is 1.79 bits per heavy atom. The molecule has 0 aliphatic rings. The van der Waals surface area contributed by atoms with Crippen LogP contribution >= 0.6 is 11.3 Å². The Balaban J connectivity index is 2.12. The number of thiophene rings is 1. The molecule has 0 bridgehead atoms. The van der Waals surface area contributed by atoms with Gasteiger partial charge in [0.25, 0.3) is 5.69 Å². The van der Waals surface area contributed by atoms with Crippen LogP contribution in [0, 0.1) is 10.1 Å². The summed E-state index contributed by atoms with van der Waals surface area (Å²) in [6.07, 6.45) is -4.79. The molecule has 0 fully saturated rings.